The second-order valence-corrected chi connectivity index (χ2v) is 5.26. The number of ether oxygens (including phenoxy) is 1. The monoisotopic (exact) mass is 266 g/mol. The van der Waals surface area contributed by atoms with Crippen LogP contribution in [0.1, 0.15) is 48.9 Å². The third-order valence-electron chi connectivity index (χ3n) is 3.60. The van der Waals surface area contributed by atoms with Crippen molar-refractivity contribution in [1.29, 1.82) is 0 Å². The van der Waals surface area contributed by atoms with Gasteiger partial charge in [0, 0.05) is 12.6 Å². The van der Waals surface area contributed by atoms with Crippen molar-refractivity contribution < 1.29 is 14.1 Å². The topological polar surface area (TPSA) is 64.4 Å². The highest BCUT2D eigenvalue weighted by molar-refractivity contribution is 5.91. The van der Waals surface area contributed by atoms with Gasteiger partial charge in [0.25, 0.3) is 5.91 Å². The molecule has 1 aliphatic carbocycles. The third-order valence-corrected chi connectivity index (χ3v) is 3.60. The maximum Gasteiger partial charge on any atom is 0.289 e. The Hall–Kier alpha value is -1.36. The number of rotatable bonds is 5. The van der Waals surface area contributed by atoms with Gasteiger partial charge in [-0.2, -0.15) is 0 Å². The summed E-state index contributed by atoms with van der Waals surface area (Å²) in [5.74, 6) is 0.644. The van der Waals surface area contributed by atoms with Gasteiger partial charge in [-0.1, -0.05) is 24.9 Å². The summed E-state index contributed by atoms with van der Waals surface area (Å²) in [6, 6.07) is 1.62. The van der Waals surface area contributed by atoms with Gasteiger partial charge in [-0.25, -0.2) is 0 Å². The lowest BCUT2D eigenvalue weighted by Crippen LogP contribution is -2.31. The van der Waals surface area contributed by atoms with Gasteiger partial charge in [0.2, 0.25) is 5.76 Å². The van der Waals surface area contributed by atoms with E-state index in [1.165, 1.54) is 19.3 Å². The molecule has 1 N–H and O–H groups in total. The van der Waals surface area contributed by atoms with Gasteiger partial charge >= 0.3 is 0 Å². The number of amides is 1. The molecule has 1 aromatic rings. The summed E-state index contributed by atoms with van der Waals surface area (Å²) < 4.78 is 10.7. The fourth-order valence-corrected chi connectivity index (χ4v) is 2.46. The van der Waals surface area contributed by atoms with E-state index in [2.05, 4.69) is 17.4 Å². The van der Waals surface area contributed by atoms with E-state index in [0.29, 0.717) is 30.9 Å². The zero-order valence-electron chi connectivity index (χ0n) is 11.6. The fourth-order valence-electron chi connectivity index (χ4n) is 2.46. The van der Waals surface area contributed by atoms with Crippen molar-refractivity contribution in [2.45, 2.75) is 45.6 Å². The molecule has 2 atom stereocenters. The summed E-state index contributed by atoms with van der Waals surface area (Å²) >= 11 is 0. The molecular weight excluding hydrogens is 244 g/mol. The first kappa shape index (κ1) is 14.1. The van der Waals surface area contributed by atoms with Crippen molar-refractivity contribution in [2.75, 3.05) is 13.2 Å². The minimum atomic E-state index is -0.235. The summed E-state index contributed by atoms with van der Waals surface area (Å²) in [7, 11) is 0. The molecule has 1 amide bonds. The molecule has 0 bridgehead atoms. The summed E-state index contributed by atoms with van der Waals surface area (Å²) in [6.07, 6.45) is 5.28. The number of carbonyl (C=O) groups excluding carboxylic acids is 1. The van der Waals surface area contributed by atoms with Crippen LogP contribution in [0.25, 0.3) is 0 Å². The van der Waals surface area contributed by atoms with Gasteiger partial charge < -0.3 is 14.6 Å². The smallest absolute Gasteiger partial charge is 0.289 e. The van der Waals surface area contributed by atoms with E-state index >= 15 is 0 Å². The minimum Gasteiger partial charge on any atom is -0.376 e. The number of aryl methyl sites for hydroxylation is 1. The summed E-state index contributed by atoms with van der Waals surface area (Å²) in [5, 5.41) is 6.45. The van der Waals surface area contributed by atoms with Crippen molar-refractivity contribution in [3.05, 3.63) is 17.5 Å². The summed E-state index contributed by atoms with van der Waals surface area (Å²) in [5.41, 5.74) is 0.706. The van der Waals surface area contributed by atoms with E-state index in [-0.39, 0.29) is 11.7 Å². The van der Waals surface area contributed by atoms with Gasteiger partial charge in [0.1, 0.15) is 0 Å². The average molecular weight is 266 g/mol. The van der Waals surface area contributed by atoms with Crippen LogP contribution in [0.5, 0.6) is 0 Å². The SMILES string of the molecule is Cc1cc(C(=O)NCCO[C@H]2CCCC[C@H]2C)on1. The van der Waals surface area contributed by atoms with Crippen LogP contribution in [0, 0.1) is 12.8 Å². The van der Waals surface area contributed by atoms with Gasteiger partial charge in [-0.15, -0.1) is 0 Å². The molecule has 19 heavy (non-hydrogen) atoms. The van der Waals surface area contributed by atoms with Crippen LogP contribution in [-0.4, -0.2) is 30.3 Å². The van der Waals surface area contributed by atoms with E-state index in [0.717, 1.165) is 6.42 Å². The molecule has 5 heteroatoms. The second-order valence-electron chi connectivity index (χ2n) is 5.26. The quantitative estimate of drug-likeness (QED) is 0.831. The summed E-state index contributed by atoms with van der Waals surface area (Å²) in [6.45, 7) is 5.07. The van der Waals surface area contributed by atoms with Gasteiger partial charge in [-0.3, -0.25) is 4.79 Å². The van der Waals surface area contributed by atoms with Gasteiger partial charge in [0.05, 0.1) is 18.4 Å². The van der Waals surface area contributed by atoms with E-state index in [4.69, 9.17) is 9.26 Å². The van der Waals surface area contributed by atoms with E-state index in [1.54, 1.807) is 13.0 Å². The van der Waals surface area contributed by atoms with Crippen LogP contribution in [0.3, 0.4) is 0 Å². The summed E-state index contributed by atoms with van der Waals surface area (Å²) in [4.78, 5) is 11.7. The van der Waals surface area contributed by atoms with Crippen LogP contribution in [0.4, 0.5) is 0 Å². The van der Waals surface area contributed by atoms with Gasteiger partial charge in [0.15, 0.2) is 0 Å². The maximum atomic E-state index is 11.7. The highest BCUT2D eigenvalue weighted by Crippen LogP contribution is 2.25. The Morgan fingerprint density at radius 2 is 2.32 bits per heavy atom. The second kappa shape index (κ2) is 6.70. The first-order chi connectivity index (χ1) is 9.16. The molecule has 0 aliphatic heterocycles. The standard InChI is InChI=1S/C14H22N2O3/c1-10-5-3-4-6-12(10)18-8-7-15-14(17)13-9-11(2)16-19-13/h9-10,12H,3-8H2,1-2H3,(H,15,17)/t10-,12+/m1/s1. The molecule has 1 heterocycles. The normalized spacial score (nSPS) is 23.3. The Morgan fingerprint density at radius 3 is 3.00 bits per heavy atom. The first-order valence-corrected chi connectivity index (χ1v) is 7.00. The number of hydrogen-bond acceptors (Lipinski definition) is 4. The Balaban J connectivity index is 1.65. The zero-order chi connectivity index (χ0) is 13.7. The average Bonchev–Trinajstić information content (AvgIpc) is 2.83. The predicted molar refractivity (Wildman–Crippen MR) is 70.9 cm³/mol. The van der Waals surface area contributed by atoms with Crippen LogP contribution in [0.15, 0.2) is 10.6 Å². The number of nitrogens with one attached hydrogen (secondary N) is 1. The largest absolute Gasteiger partial charge is 0.376 e. The number of carbonyl (C=O) groups is 1. The highest BCUT2D eigenvalue weighted by Gasteiger charge is 2.21. The molecule has 0 spiro atoms. The first-order valence-electron chi connectivity index (χ1n) is 7.00. The number of hydrogen-bond donors (Lipinski definition) is 1. The molecule has 5 nitrogen and oxygen atoms in total. The molecule has 1 aliphatic rings. The highest BCUT2D eigenvalue weighted by atomic mass is 16.5. The lowest BCUT2D eigenvalue weighted by atomic mass is 9.88. The number of aromatic nitrogens is 1. The lowest BCUT2D eigenvalue weighted by Gasteiger charge is -2.28. The van der Waals surface area contributed by atoms with Gasteiger partial charge in [-0.05, 0) is 25.7 Å². The van der Waals surface area contributed by atoms with E-state index in [1.807, 2.05) is 0 Å². The molecule has 0 saturated heterocycles. The fraction of sp³-hybridized carbons (Fsp3) is 0.714. The van der Waals surface area contributed by atoms with Crippen molar-refractivity contribution >= 4 is 5.91 Å². The Bertz CT molecular complexity index is 417. The van der Waals surface area contributed by atoms with E-state index < -0.39 is 0 Å². The van der Waals surface area contributed by atoms with E-state index in [9.17, 15) is 4.79 Å². The predicted octanol–water partition coefficient (Wildman–Crippen LogP) is 2.31. The molecule has 0 unspecified atom stereocenters. The van der Waals surface area contributed by atoms with Crippen molar-refractivity contribution in [2.24, 2.45) is 5.92 Å². The molecule has 1 aromatic heterocycles. The molecule has 0 radical (unpaired) electrons. The Kier molecular flexibility index (Phi) is 4.96. The van der Waals surface area contributed by atoms with Crippen LogP contribution in [-0.2, 0) is 4.74 Å². The molecule has 1 fully saturated rings. The molecule has 2 rings (SSSR count). The number of nitrogens with zero attached hydrogens (tertiary/aromatic N) is 1. The third kappa shape index (κ3) is 4.06. The van der Waals surface area contributed by atoms with Crippen molar-refractivity contribution in [1.82, 2.24) is 10.5 Å². The molecule has 1 saturated carbocycles. The Labute approximate surface area is 113 Å². The van der Waals surface area contributed by atoms with Crippen LogP contribution in [0.2, 0.25) is 0 Å². The zero-order valence-corrected chi connectivity index (χ0v) is 11.6. The molecule has 106 valence electrons. The molecule has 0 aromatic carbocycles. The van der Waals surface area contributed by atoms with Crippen molar-refractivity contribution in [3.63, 3.8) is 0 Å². The van der Waals surface area contributed by atoms with Crippen LogP contribution >= 0.6 is 0 Å². The van der Waals surface area contributed by atoms with Crippen LogP contribution < -0.4 is 5.32 Å². The van der Waals surface area contributed by atoms with Crippen molar-refractivity contribution in [3.8, 4) is 0 Å². The lowest BCUT2D eigenvalue weighted by molar-refractivity contribution is -0.00302. The molecular formula is C14H22N2O3. The maximum absolute atomic E-state index is 11.7. The minimum absolute atomic E-state index is 0.235. The Morgan fingerprint density at radius 1 is 1.53 bits per heavy atom.